The van der Waals surface area contributed by atoms with Gasteiger partial charge < -0.3 is 10.6 Å². The van der Waals surface area contributed by atoms with Crippen LogP contribution in [-0.2, 0) is 6.54 Å². The molecule has 4 aromatic rings. The lowest BCUT2D eigenvalue weighted by atomic mass is 10.0. The average Bonchev–Trinajstić information content (AvgIpc) is 3.64. The van der Waals surface area contributed by atoms with Gasteiger partial charge in [-0.05, 0) is 80.2 Å². The Bertz CT molecular complexity index is 1470. The summed E-state index contributed by atoms with van der Waals surface area (Å²) >= 11 is 0. The second kappa shape index (κ2) is 11.3. The number of aromatic nitrogens is 4. The number of aromatic amines is 1. The number of fused-ring (bicyclic) bond motifs is 1. The first-order valence-electron chi connectivity index (χ1n) is 13.9. The fourth-order valence-corrected chi connectivity index (χ4v) is 5.60. The number of likely N-dealkylation sites (tertiary alicyclic amines) is 1. The van der Waals surface area contributed by atoms with Gasteiger partial charge in [-0.25, -0.2) is 4.98 Å². The lowest BCUT2D eigenvalue weighted by Crippen LogP contribution is -2.33. The summed E-state index contributed by atoms with van der Waals surface area (Å²) in [5.74, 6) is -0.527. The van der Waals surface area contributed by atoms with E-state index < -0.39 is 0 Å². The average molecular weight is 524 g/mol. The van der Waals surface area contributed by atoms with Gasteiger partial charge in [-0.15, -0.1) is 0 Å². The van der Waals surface area contributed by atoms with Crippen LogP contribution < -0.4 is 10.6 Å². The van der Waals surface area contributed by atoms with Gasteiger partial charge in [0, 0.05) is 35.9 Å². The van der Waals surface area contributed by atoms with Crippen molar-refractivity contribution in [3.05, 3.63) is 71.9 Å². The van der Waals surface area contributed by atoms with Crippen LogP contribution in [-0.4, -0.2) is 56.0 Å². The summed E-state index contributed by atoms with van der Waals surface area (Å²) < 4.78 is 0. The van der Waals surface area contributed by atoms with Crippen LogP contribution in [0.4, 0.5) is 5.69 Å². The lowest BCUT2D eigenvalue weighted by molar-refractivity contribution is 0.0932. The van der Waals surface area contributed by atoms with Crippen LogP contribution in [0.5, 0.6) is 0 Å². The molecule has 0 atom stereocenters. The number of nitrogens with zero attached hydrogens (tertiary/aromatic N) is 4. The zero-order valence-corrected chi connectivity index (χ0v) is 21.9. The molecule has 2 aliphatic rings. The standard InChI is InChI=1S/C30H33N7O2/c38-29(33-23-6-2-3-7-23)27-11-9-24(18-32-27)34-30(39)28-25-15-21(8-10-26(25)35-36-28)22-14-20(16-31-17-22)19-37-12-4-1-5-13-37/h8-11,14-18,23H,1-7,12-13,19H2,(H,33,38)(H,34,39)(H,35,36). The summed E-state index contributed by atoms with van der Waals surface area (Å²) in [5.41, 5.74) is 5.09. The molecule has 6 rings (SSSR count). The van der Waals surface area contributed by atoms with Crippen molar-refractivity contribution in [2.24, 2.45) is 0 Å². The molecule has 200 valence electrons. The van der Waals surface area contributed by atoms with E-state index in [-0.39, 0.29) is 17.9 Å². The normalized spacial score (nSPS) is 16.4. The lowest BCUT2D eigenvalue weighted by Gasteiger charge is -2.26. The minimum atomic E-state index is -0.347. The Morgan fingerprint density at radius 1 is 0.897 bits per heavy atom. The summed E-state index contributed by atoms with van der Waals surface area (Å²) in [6.45, 7) is 3.17. The monoisotopic (exact) mass is 523 g/mol. The summed E-state index contributed by atoms with van der Waals surface area (Å²) in [7, 11) is 0. The van der Waals surface area contributed by atoms with E-state index in [1.54, 1.807) is 12.1 Å². The molecule has 39 heavy (non-hydrogen) atoms. The molecular formula is C30H33N7O2. The first-order valence-corrected chi connectivity index (χ1v) is 13.9. The van der Waals surface area contributed by atoms with Gasteiger partial charge in [0.2, 0.25) is 0 Å². The number of amides is 2. The van der Waals surface area contributed by atoms with Gasteiger partial charge in [0.15, 0.2) is 5.69 Å². The van der Waals surface area contributed by atoms with Crippen molar-refractivity contribution >= 4 is 28.4 Å². The molecule has 0 unspecified atom stereocenters. The zero-order chi connectivity index (χ0) is 26.6. The first-order chi connectivity index (χ1) is 19.1. The Labute approximate surface area is 227 Å². The number of anilines is 1. The molecule has 1 aliphatic heterocycles. The number of hydrogen-bond acceptors (Lipinski definition) is 6. The molecule has 2 amide bonds. The number of nitrogens with one attached hydrogen (secondary N) is 3. The summed E-state index contributed by atoms with van der Waals surface area (Å²) in [6.07, 6.45) is 13.4. The van der Waals surface area contributed by atoms with E-state index in [0.717, 1.165) is 67.3 Å². The second-order valence-electron chi connectivity index (χ2n) is 10.6. The number of hydrogen-bond donors (Lipinski definition) is 3. The predicted octanol–water partition coefficient (Wildman–Crippen LogP) is 4.93. The molecule has 9 nitrogen and oxygen atoms in total. The Kier molecular flexibility index (Phi) is 7.31. The Morgan fingerprint density at radius 3 is 2.54 bits per heavy atom. The van der Waals surface area contributed by atoms with E-state index in [2.05, 4.69) is 41.8 Å². The fraction of sp³-hybridized carbons (Fsp3) is 0.367. The topological polar surface area (TPSA) is 116 Å². The van der Waals surface area contributed by atoms with Crippen molar-refractivity contribution in [1.29, 1.82) is 0 Å². The maximum Gasteiger partial charge on any atom is 0.276 e. The van der Waals surface area contributed by atoms with Gasteiger partial charge in [0.1, 0.15) is 5.69 Å². The number of benzene rings is 1. The zero-order valence-electron chi connectivity index (χ0n) is 21.9. The molecule has 1 aliphatic carbocycles. The molecule has 0 spiro atoms. The van der Waals surface area contributed by atoms with E-state index in [9.17, 15) is 9.59 Å². The number of carbonyl (C=O) groups excluding carboxylic acids is 2. The Morgan fingerprint density at radius 2 is 1.74 bits per heavy atom. The van der Waals surface area contributed by atoms with Crippen molar-refractivity contribution < 1.29 is 9.59 Å². The molecule has 1 aromatic carbocycles. The van der Waals surface area contributed by atoms with Crippen LogP contribution in [0.25, 0.3) is 22.0 Å². The number of piperidine rings is 1. The van der Waals surface area contributed by atoms with E-state index in [1.165, 1.54) is 31.0 Å². The molecule has 4 heterocycles. The van der Waals surface area contributed by atoms with Crippen molar-refractivity contribution in [1.82, 2.24) is 30.4 Å². The molecule has 3 aromatic heterocycles. The maximum absolute atomic E-state index is 13.1. The van der Waals surface area contributed by atoms with E-state index in [1.807, 2.05) is 30.6 Å². The molecule has 1 saturated heterocycles. The molecular weight excluding hydrogens is 490 g/mol. The minimum Gasteiger partial charge on any atom is -0.348 e. The molecule has 9 heteroatoms. The third-order valence-corrected chi connectivity index (χ3v) is 7.71. The van der Waals surface area contributed by atoms with Gasteiger partial charge in [0.25, 0.3) is 11.8 Å². The SMILES string of the molecule is O=C(NC1CCCC1)c1ccc(NC(=O)c2n[nH]c3ccc(-c4cncc(CN5CCCCC5)c4)cc23)cn1. The van der Waals surface area contributed by atoms with Crippen LogP contribution in [0.15, 0.2) is 55.0 Å². The van der Waals surface area contributed by atoms with Crippen molar-refractivity contribution in [3.63, 3.8) is 0 Å². The number of pyridine rings is 2. The van der Waals surface area contributed by atoms with Crippen LogP contribution >= 0.6 is 0 Å². The second-order valence-corrected chi connectivity index (χ2v) is 10.6. The summed E-state index contributed by atoms with van der Waals surface area (Å²) in [4.78, 5) is 36.8. The summed E-state index contributed by atoms with van der Waals surface area (Å²) in [6, 6.07) is 11.7. The van der Waals surface area contributed by atoms with Crippen LogP contribution in [0.2, 0.25) is 0 Å². The highest BCUT2D eigenvalue weighted by molar-refractivity contribution is 6.11. The number of rotatable bonds is 7. The highest BCUT2D eigenvalue weighted by Gasteiger charge is 2.20. The van der Waals surface area contributed by atoms with Crippen molar-refractivity contribution in [2.45, 2.75) is 57.5 Å². The Balaban J connectivity index is 1.16. The van der Waals surface area contributed by atoms with Crippen LogP contribution in [0, 0.1) is 0 Å². The molecule has 1 saturated carbocycles. The molecule has 2 fully saturated rings. The minimum absolute atomic E-state index is 0.180. The fourth-order valence-electron chi connectivity index (χ4n) is 5.60. The van der Waals surface area contributed by atoms with E-state index >= 15 is 0 Å². The van der Waals surface area contributed by atoms with Crippen molar-refractivity contribution in [3.8, 4) is 11.1 Å². The number of H-pyrrole nitrogens is 1. The Hall–Kier alpha value is -4.11. The summed E-state index contributed by atoms with van der Waals surface area (Å²) in [5, 5.41) is 13.9. The third kappa shape index (κ3) is 5.83. The third-order valence-electron chi connectivity index (χ3n) is 7.71. The van der Waals surface area contributed by atoms with Gasteiger partial charge in [-0.2, -0.15) is 5.10 Å². The van der Waals surface area contributed by atoms with Crippen molar-refractivity contribution in [2.75, 3.05) is 18.4 Å². The van der Waals surface area contributed by atoms with Gasteiger partial charge >= 0.3 is 0 Å². The van der Waals surface area contributed by atoms with Crippen LogP contribution in [0.3, 0.4) is 0 Å². The maximum atomic E-state index is 13.1. The molecule has 0 radical (unpaired) electrons. The quantitative estimate of drug-likeness (QED) is 0.316. The van der Waals surface area contributed by atoms with Gasteiger partial charge in [-0.1, -0.05) is 25.3 Å². The molecule has 0 bridgehead atoms. The van der Waals surface area contributed by atoms with Gasteiger partial charge in [-0.3, -0.25) is 24.6 Å². The highest BCUT2D eigenvalue weighted by atomic mass is 16.2. The predicted molar refractivity (Wildman–Crippen MR) is 150 cm³/mol. The van der Waals surface area contributed by atoms with Crippen LogP contribution in [0.1, 0.15) is 71.5 Å². The first kappa shape index (κ1) is 25.2. The smallest absolute Gasteiger partial charge is 0.276 e. The highest BCUT2D eigenvalue weighted by Crippen LogP contribution is 2.27. The van der Waals surface area contributed by atoms with E-state index in [0.29, 0.717) is 17.1 Å². The molecule has 3 N–H and O–H groups in total. The number of carbonyl (C=O) groups is 2. The largest absolute Gasteiger partial charge is 0.348 e. The van der Waals surface area contributed by atoms with Gasteiger partial charge in [0.05, 0.1) is 17.4 Å². The van der Waals surface area contributed by atoms with E-state index in [4.69, 9.17) is 0 Å².